The molecule has 1 aromatic heterocycles. The van der Waals surface area contributed by atoms with Crippen molar-refractivity contribution in [1.29, 1.82) is 0 Å². The van der Waals surface area contributed by atoms with Gasteiger partial charge in [-0.1, -0.05) is 98.0 Å². The van der Waals surface area contributed by atoms with Gasteiger partial charge in [0.1, 0.15) is 23.8 Å². The topological polar surface area (TPSA) is 170 Å². The van der Waals surface area contributed by atoms with E-state index in [0.717, 1.165) is 50.0 Å². The van der Waals surface area contributed by atoms with Crippen LogP contribution in [-0.4, -0.2) is 83.2 Å². The highest BCUT2D eigenvalue weighted by Crippen LogP contribution is 2.47. The first-order valence-corrected chi connectivity index (χ1v) is 21.5. The molecule has 13 nitrogen and oxygen atoms in total. The SMILES string of the molecule is CC/C=C/C/C=C/C/C=C/C/C=C/C/C=C/C/C=C/CCC(=O)NCCN(C)CCNP(=O)(OC[C@H]1O[C@@H](n2ccc(N)nc2=O)[C@](C)(F)[C@@H]1O)Oc1ccccc1. The number of carbonyl (C=O) groups excluding carboxylic acids is 1. The first kappa shape index (κ1) is 47.9. The second-order valence-electron chi connectivity index (χ2n) is 13.9. The van der Waals surface area contributed by atoms with Crippen molar-refractivity contribution in [3.8, 4) is 5.75 Å². The third-order valence-electron chi connectivity index (χ3n) is 8.95. The van der Waals surface area contributed by atoms with Gasteiger partial charge in [0.25, 0.3) is 0 Å². The van der Waals surface area contributed by atoms with E-state index in [-0.39, 0.29) is 24.0 Å². The van der Waals surface area contributed by atoms with Crippen LogP contribution < -0.4 is 26.4 Å². The first-order valence-electron chi connectivity index (χ1n) is 19.9. The molecule has 2 aromatic rings. The summed E-state index contributed by atoms with van der Waals surface area (Å²) in [7, 11) is -2.23. The molecule has 2 heterocycles. The monoisotopic (exact) mass is 824 g/mol. The van der Waals surface area contributed by atoms with E-state index in [1.54, 1.807) is 30.3 Å². The molecule has 5 atom stereocenters. The number of nitrogen functional groups attached to an aromatic ring is 1. The Morgan fingerprint density at radius 1 is 0.966 bits per heavy atom. The molecule has 1 saturated heterocycles. The maximum absolute atomic E-state index is 15.7. The van der Waals surface area contributed by atoms with Gasteiger partial charge >= 0.3 is 13.4 Å². The van der Waals surface area contributed by atoms with Crippen molar-refractivity contribution in [1.82, 2.24) is 24.9 Å². The van der Waals surface area contributed by atoms with Gasteiger partial charge in [0.15, 0.2) is 11.9 Å². The largest absolute Gasteiger partial charge is 0.458 e. The van der Waals surface area contributed by atoms with Gasteiger partial charge in [0.05, 0.1) is 6.61 Å². The smallest absolute Gasteiger partial charge is 0.413 e. The molecule has 0 radical (unpaired) electrons. The average Bonchev–Trinajstić information content (AvgIpc) is 3.41. The minimum Gasteiger partial charge on any atom is -0.413 e. The van der Waals surface area contributed by atoms with Crippen LogP contribution in [0.3, 0.4) is 0 Å². The number of benzene rings is 1. The van der Waals surface area contributed by atoms with E-state index in [0.29, 0.717) is 32.5 Å². The quantitative estimate of drug-likeness (QED) is 0.0534. The van der Waals surface area contributed by atoms with Crippen molar-refractivity contribution in [2.45, 2.75) is 89.3 Å². The van der Waals surface area contributed by atoms with Crippen LogP contribution >= 0.6 is 7.75 Å². The minimum absolute atomic E-state index is 0.0410. The Hall–Kier alpha value is -4.43. The number of aromatic nitrogens is 2. The van der Waals surface area contributed by atoms with Crippen LogP contribution in [-0.2, 0) is 18.6 Å². The molecule has 3 rings (SSSR count). The second-order valence-corrected chi connectivity index (χ2v) is 15.6. The number of carbonyl (C=O) groups is 1. The Bertz CT molecular complexity index is 1800. The van der Waals surface area contributed by atoms with Crippen molar-refractivity contribution >= 4 is 19.5 Å². The number of hydrogen-bond acceptors (Lipinski definition) is 10. The molecule has 0 saturated carbocycles. The fraction of sp³-hybridized carbons (Fsp3) is 0.465. The average molecular weight is 825 g/mol. The lowest BCUT2D eigenvalue weighted by Crippen LogP contribution is -2.43. The number of ether oxygens (including phenoxy) is 1. The summed E-state index contributed by atoms with van der Waals surface area (Å²) in [6, 6.07) is 9.68. The summed E-state index contributed by atoms with van der Waals surface area (Å²) in [6.07, 6.45) is 29.2. The van der Waals surface area contributed by atoms with Crippen molar-refractivity contribution in [3.05, 3.63) is 126 Å². The highest BCUT2D eigenvalue weighted by Gasteiger charge is 2.55. The zero-order valence-electron chi connectivity index (χ0n) is 34.0. The van der Waals surface area contributed by atoms with Crippen molar-refractivity contribution in [2.75, 3.05) is 45.6 Å². The lowest BCUT2D eigenvalue weighted by atomic mass is 9.98. The number of amides is 1. The summed E-state index contributed by atoms with van der Waals surface area (Å²) < 4.78 is 47.6. The molecule has 0 aliphatic carbocycles. The Morgan fingerprint density at radius 2 is 1.53 bits per heavy atom. The molecule has 1 aliphatic rings. The normalized spacial score (nSPS) is 21.2. The van der Waals surface area contributed by atoms with Gasteiger partial charge in [0.2, 0.25) is 5.91 Å². The number of nitrogens with two attached hydrogens (primary N) is 1. The number of likely N-dealkylation sites (N-methyl/N-ethyl adjacent to an activating group) is 1. The Kier molecular flexibility index (Phi) is 21.9. The predicted octanol–water partition coefficient (Wildman–Crippen LogP) is 7.13. The summed E-state index contributed by atoms with van der Waals surface area (Å²) >= 11 is 0. The van der Waals surface area contributed by atoms with E-state index in [1.807, 2.05) is 18.0 Å². The number of halogens is 1. The van der Waals surface area contributed by atoms with Crippen LogP contribution in [0.1, 0.15) is 71.4 Å². The fourth-order valence-corrected chi connectivity index (χ4v) is 6.99. The number of rotatable bonds is 27. The number of alkyl halides is 1. The molecule has 1 aromatic carbocycles. The standard InChI is InChI=1S/C43H62FN6O7P/c1-4-5-6-7-8-9-10-11-12-13-14-15-16-17-18-19-20-21-25-28-39(51)46-30-33-49(3)34-31-47-58(54,57-36-26-23-22-24-27-36)55-35-37-40(52)43(2,44)41(56-37)50-32-29-38(45)48-42(50)53/h5-6,8-9,11-12,14-15,17-18,20-24,26-27,29,32,37,40-41,52H,4,7,10,13,16,19,25,28,30-31,33-35H2,1-3H3,(H,46,51)(H,47,54)(H2,45,48,53)/b6-5+,9-8+,12-11+,15-14+,18-17+,21-20+/t37-,40-,41-,43-,58?/m1/s1. The van der Waals surface area contributed by atoms with Gasteiger partial charge in [-0.3, -0.25) is 13.9 Å². The van der Waals surface area contributed by atoms with Crippen LogP contribution in [0.2, 0.25) is 0 Å². The number of nitrogens with zero attached hydrogens (tertiary/aromatic N) is 3. The predicted molar refractivity (Wildman–Crippen MR) is 229 cm³/mol. The summed E-state index contributed by atoms with van der Waals surface area (Å²) in [4.78, 5) is 30.3. The van der Waals surface area contributed by atoms with E-state index in [4.69, 9.17) is 19.5 Å². The lowest BCUT2D eigenvalue weighted by Gasteiger charge is -2.25. The maximum atomic E-state index is 15.7. The highest BCUT2D eigenvalue weighted by atomic mass is 31.2. The van der Waals surface area contributed by atoms with E-state index in [1.165, 1.54) is 12.3 Å². The van der Waals surface area contributed by atoms with E-state index in [2.05, 4.69) is 89.1 Å². The Morgan fingerprint density at radius 3 is 2.12 bits per heavy atom. The molecular weight excluding hydrogens is 762 g/mol. The summed E-state index contributed by atoms with van der Waals surface area (Å²) in [6.45, 7) is 4.26. The summed E-state index contributed by atoms with van der Waals surface area (Å²) in [5.41, 5.74) is 2.28. The number of hydrogen-bond donors (Lipinski definition) is 4. The maximum Gasteiger partial charge on any atom is 0.458 e. The molecule has 1 aliphatic heterocycles. The van der Waals surface area contributed by atoms with Crippen LogP contribution in [0.5, 0.6) is 5.75 Å². The molecule has 1 unspecified atom stereocenters. The van der Waals surface area contributed by atoms with Gasteiger partial charge in [0, 0.05) is 38.8 Å². The minimum atomic E-state index is -4.08. The Labute approximate surface area is 342 Å². The highest BCUT2D eigenvalue weighted by molar-refractivity contribution is 7.52. The molecular formula is C43H62FN6O7P. The zero-order valence-corrected chi connectivity index (χ0v) is 34.9. The number of aliphatic hydroxyl groups is 1. The number of allylic oxidation sites excluding steroid dienone is 12. The third kappa shape index (κ3) is 18.0. The van der Waals surface area contributed by atoms with Gasteiger partial charge in [-0.25, -0.2) is 18.8 Å². The zero-order chi connectivity index (χ0) is 42.1. The van der Waals surface area contributed by atoms with Crippen LogP contribution in [0.15, 0.2) is 120 Å². The van der Waals surface area contributed by atoms with Crippen molar-refractivity contribution in [3.63, 3.8) is 0 Å². The number of para-hydroxylation sites is 1. The molecule has 1 fully saturated rings. The van der Waals surface area contributed by atoms with Crippen molar-refractivity contribution < 1.29 is 32.6 Å². The number of aliphatic hydroxyl groups excluding tert-OH is 1. The van der Waals surface area contributed by atoms with Gasteiger partial charge in [-0.05, 0) is 77.1 Å². The molecule has 1 amide bonds. The first-order chi connectivity index (χ1) is 27.9. The van der Waals surface area contributed by atoms with Crippen LogP contribution in [0, 0.1) is 0 Å². The molecule has 318 valence electrons. The van der Waals surface area contributed by atoms with Crippen LogP contribution in [0.4, 0.5) is 10.2 Å². The fourth-order valence-electron chi connectivity index (χ4n) is 5.67. The third-order valence-corrected chi connectivity index (χ3v) is 10.5. The lowest BCUT2D eigenvalue weighted by molar-refractivity contribution is -0.121. The molecule has 0 bridgehead atoms. The van der Waals surface area contributed by atoms with Gasteiger partial charge < -0.3 is 30.3 Å². The van der Waals surface area contributed by atoms with Gasteiger partial charge in [-0.2, -0.15) is 4.98 Å². The van der Waals surface area contributed by atoms with E-state index in [9.17, 15) is 19.3 Å². The summed E-state index contributed by atoms with van der Waals surface area (Å²) in [5.74, 6) is 0.174. The molecule has 5 N–H and O–H groups in total. The molecule has 15 heteroatoms. The van der Waals surface area contributed by atoms with Crippen molar-refractivity contribution in [2.24, 2.45) is 0 Å². The van der Waals surface area contributed by atoms with E-state index < -0.39 is 44.1 Å². The van der Waals surface area contributed by atoms with Crippen LogP contribution in [0.25, 0.3) is 0 Å². The number of nitrogens with one attached hydrogen (secondary N) is 2. The molecule has 58 heavy (non-hydrogen) atoms. The molecule has 0 spiro atoms. The number of anilines is 1. The summed E-state index contributed by atoms with van der Waals surface area (Å²) in [5, 5.41) is 16.5. The Balaban J connectivity index is 1.32. The van der Waals surface area contributed by atoms with E-state index >= 15 is 4.39 Å². The second kappa shape index (κ2) is 26.5. The van der Waals surface area contributed by atoms with Gasteiger partial charge in [-0.15, -0.1) is 0 Å².